The molecule has 1 aliphatic rings. The van der Waals surface area contributed by atoms with E-state index in [1.54, 1.807) is 19.1 Å². The minimum Gasteiger partial charge on any atom is -0.544 e. The Bertz CT molecular complexity index is 1210. The molecule has 1 aromatic carbocycles. The van der Waals surface area contributed by atoms with Crippen LogP contribution < -0.4 is 20.1 Å². The monoisotopic (exact) mass is 411 g/mol. The number of aryl methyl sites for hydroxylation is 1. The highest BCUT2D eigenvalue weighted by Crippen LogP contribution is 2.36. The molecule has 0 aliphatic carbocycles. The summed E-state index contributed by atoms with van der Waals surface area (Å²) in [5, 5.41) is 11.5. The van der Waals surface area contributed by atoms with E-state index in [1.807, 2.05) is 26.0 Å². The lowest BCUT2D eigenvalue weighted by Gasteiger charge is -2.10. The Hall–Kier alpha value is -3.13. The Labute approximate surface area is 170 Å². The van der Waals surface area contributed by atoms with Crippen molar-refractivity contribution in [1.29, 1.82) is 0 Å². The first-order chi connectivity index (χ1) is 13.9. The van der Waals surface area contributed by atoms with Gasteiger partial charge in [-0.05, 0) is 50.6 Å². The van der Waals surface area contributed by atoms with E-state index in [2.05, 4.69) is 9.97 Å². The van der Waals surface area contributed by atoms with E-state index < -0.39 is 5.97 Å². The van der Waals surface area contributed by atoms with Crippen molar-refractivity contribution in [3.63, 3.8) is 0 Å². The van der Waals surface area contributed by atoms with Crippen molar-refractivity contribution >= 4 is 39.7 Å². The molecule has 0 radical (unpaired) electrons. The molecular weight excluding hydrogens is 392 g/mol. The Morgan fingerprint density at radius 1 is 1.45 bits per heavy atom. The maximum absolute atomic E-state index is 12.4. The number of thiophene rings is 1. The van der Waals surface area contributed by atoms with E-state index in [-0.39, 0.29) is 21.9 Å². The number of aromatic nitrogens is 2. The lowest BCUT2D eigenvalue weighted by Crippen LogP contribution is -2.21. The number of nitrogens with one attached hydrogen (secondary N) is 1. The van der Waals surface area contributed by atoms with Gasteiger partial charge in [0, 0.05) is 17.5 Å². The van der Waals surface area contributed by atoms with Crippen LogP contribution in [-0.4, -0.2) is 28.6 Å². The Balaban J connectivity index is 1.74. The maximum Gasteiger partial charge on any atom is 0.260 e. The summed E-state index contributed by atoms with van der Waals surface area (Å²) in [7, 11) is 0. The molecule has 0 saturated heterocycles. The highest BCUT2D eigenvalue weighted by Gasteiger charge is 2.21. The number of rotatable bonds is 5. The van der Waals surface area contributed by atoms with Gasteiger partial charge in [-0.25, -0.2) is 4.98 Å². The average Bonchev–Trinajstić information content (AvgIpc) is 3.19. The maximum atomic E-state index is 12.4. The highest BCUT2D eigenvalue weighted by molar-refractivity contribution is 7.20. The van der Waals surface area contributed by atoms with E-state index in [0.717, 1.165) is 40.4 Å². The molecule has 3 heterocycles. The van der Waals surface area contributed by atoms with Gasteiger partial charge < -0.3 is 24.4 Å². The van der Waals surface area contributed by atoms with Gasteiger partial charge in [-0.2, -0.15) is 0 Å². The molecule has 0 spiro atoms. The third-order valence-electron chi connectivity index (χ3n) is 4.75. The van der Waals surface area contributed by atoms with Crippen LogP contribution in [0.2, 0.25) is 0 Å². The lowest BCUT2D eigenvalue weighted by molar-refractivity contribution is -0.254. The molecule has 0 unspecified atom stereocenters. The van der Waals surface area contributed by atoms with Gasteiger partial charge in [0.1, 0.15) is 28.3 Å². The van der Waals surface area contributed by atoms with E-state index in [0.29, 0.717) is 22.8 Å². The summed E-state index contributed by atoms with van der Waals surface area (Å²) in [6, 6.07) is 3.90. The van der Waals surface area contributed by atoms with Gasteiger partial charge in [-0.3, -0.25) is 4.79 Å². The molecular formula is C21H19N2O5S-. The first kappa shape index (κ1) is 19.2. The summed E-state index contributed by atoms with van der Waals surface area (Å²) in [6.45, 7) is 6.04. The van der Waals surface area contributed by atoms with Crippen molar-refractivity contribution in [1.82, 2.24) is 9.97 Å². The summed E-state index contributed by atoms with van der Waals surface area (Å²) in [5.41, 5.74) is 1.90. The van der Waals surface area contributed by atoms with E-state index in [4.69, 9.17) is 9.47 Å². The normalized spacial score (nSPS) is 15.6. The standard InChI is InChI=1S/C21H20N2O5S/c1-4-27-14-9-13-7-10(2)28-15(13)8-12(14)5-6-16-22-19(24)17-11(3)18(21(25)26)29-20(17)23-16/h5-6,8-10H,4,7H2,1-3H3,(H,25,26)(H,22,23,24)/p-1/b6-5+/t10-/m1/s1. The second-order valence-corrected chi connectivity index (χ2v) is 7.87. The Morgan fingerprint density at radius 2 is 2.24 bits per heavy atom. The van der Waals surface area contributed by atoms with Gasteiger partial charge in [0.2, 0.25) is 0 Å². The molecule has 0 saturated carbocycles. The summed E-state index contributed by atoms with van der Waals surface area (Å²) in [5.74, 6) is 0.571. The van der Waals surface area contributed by atoms with Gasteiger partial charge >= 0.3 is 0 Å². The number of hydrogen-bond donors (Lipinski definition) is 1. The molecule has 0 bridgehead atoms. The number of hydrogen-bond acceptors (Lipinski definition) is 7. The minimum absolute atomic E-state index is 0.0163. The first-order valence-corrected chi connectivity index (χ1v) is 10.1. The van der Waals surface area contributed by atoms with E-state index >= 15 is 0 Å². The van der Waals surface area contributed by atoms with Crippen molar-refractivity contribution in [3.8, 4) is 11.5 Å². The molecule has 29 heavy (non-hydrogen) atoms. The van der Waals surface area contributed by atoms with E-state index in [9.17, 15) is 14.7 Å². The summed E-state index contributed by atoms with van der Waals surface area (Å²) in [6.07, 6.45) is 4.42. The largest absolute Gasteiger partial charge is 0.544 e. The van der Waals surface area contributed by atoms with Crippen LogP contribution in [0.25, 0.3) is 22.4 Å². The van der Waals surface area contributed by atoms with Crippen LogP contribution in [0.3, 0.4) is 0 Å². The molecule has 4 rings (SSSR count). The van der Waals surface area contributed by atoms with Crippen LogP contribution in [0.15, 0.2) is 16.9 Å². The van der Waals surface area contributed by atoms with Crippen LogP contribution in [0.4, 0.5) is 0 Å². The Kier molecular flexibility index (Phi) is 4.87. The molecule has 2 aromatic heterocycles. The zero-order chi connectivity index (χ0) is 20.7. The molecule has 1 atom stereocenters. The number of carbonyl (C=O) groups excluding carboxylic acids is 1. The summed E-state index contributed by atoms with van der Waals surface area (Å²) < 4.78 is 11.6. The van der Waals surface area contributed by atoms with Crippen molar-refractivity contribution < 1.29 is 19.4 Å². The third-order valence-corrected chi connectivity index (χ3v) is 5.92. The van der Waals surface area contributed by atoms with Crippen molar-refractivity contribution in [3.05, 3.63) is 49.9 Å². The van der Waals surface area contributed by atoms with Gasteiger partial charge in [0.05, 0.1) is 22.8 Å². The predicted molar refractivity (Wildman–Crippen MR) is 110 cm³/mol. The fourth-order valence-corrected chi connectivity index (χ4v) is 4.49. The van der Waals surface area contributed by atoms with Crippen LogP contribution in [0.1, 0.15) is 46.0 Å². The zero-order valence-electron chi connectivity index (χ0n) is 16.2. The highest BCUT2D eigenvalue weighted by atomic mass is 32.1. The number of carboxylic acids is 1. The molecule has 3 aromatic rings. The molecule has 1 aliphatic heterocycles. The molecule has 1 N–H and O–H groups in total. The van der Waals surface area contributed by atoms with Crippen LogP contribution in [-0.2, 0) is 6.42 Å². The molecule has 0 amide bonds. The quantitative estimate of drug-likeness (QED) is 0.692. The molecule has 150 valence electrons. The van der Waals surface area contributed by atoms with Crippen molar-refractivity contribution in [2.45, 2.75) is 33.3 Å². The average molecular weight is 411 g/mol. The van der Waals surface area contributed by atoms with E-state index in [1.165, 1.54) is 0 Å². The number of carboxylic acid groups (broad SMARTS) is 1. The summed E-state index contributed by atoms with van der Waals surface area (Å²) >= 11 is 0.938. The fraction of sp³-hybridized carbons (Fsp3) is 0.286. The lowest BCUT2D eigenvalue weighted by atomic mass is 10.1. The molecule has 7 nitrogen and oxygen atoms in total. The smallest absolute Gasteiger partial charge is 0.260 e. The van der Waals surface area contributed by atoms with Gasteiger partial charge in [-0.1, -0.05) is 0 Å². The number of aromatic amines is 1. The number of H-pyrrole nitrogens is 1. The zero-order valence-corrected chi connectivity index (χ0v) is 17.0. The molecule has 0 fully saturated rings. The van der Waals surface area contributed by atoms with Gasteiger partial charge in [-0.15, -0.1) is 11.3 Å². The SMILES string of the molecule is CCOc1cc2c(cc1/C=C/c1nc3sc(C(=O)[O-])c(C)c3c(=O)[nH]1)O[C@H](C)C2. The predicted octanol–water partition coefficient (Wildman–Crippen LogP) is 2.55. The number of nitrogens with zero attached hydrogens (tertiary/aromatic N) is 1. The van der Waals surface area contributed by atoms with Crippen molar-refractivity contribution in [2.24, 2.45) is 0 Å². The number of aromatic carboxylic acids is 1. The fourth-order valence-electron chi connectivity index (χ4n) is 3.47. The van der Waals surface area contributed by atoms with Gasteiger partial charge in [0.25, 0.3) is 5.56 Å². The number of ether oxygens (including phenoxy) is 2. The second-order valence-electron chi connectivity index (χ2n) is 6.87. The Morgan fingerprint density at radius 3 is 2.97 bits per heavy atom. The number of carbonyl (C=O) groups is 1. The molecule has 8 heteroatoms. The van der Waals surface area contributed by atoms with Crippen LogP contribution in [0, 0.1) is 6.92 Å². The number of fused-ring (bicyclic) bond motifs is 2. The van der Waals surface area contributed by atoms with Crippen molar-refractivity contribution in [2.75, 3.05) is 6.61 Å². The number of benzene rings is 1. The topological polar surface area (TPSA) is 104 Å². The van der Waals surface area contributed by atoms with Gasteiger partial charge in [0.15, 0.2) is 0 Å². The van der Waals surface area contributed by atoms with Crippen LogP contribution in [0.5, 0.6) is 11.5 Å². The first-order valence-electron chi connectivity index (χ1n) is 9.26. The van der Waals surface area contributed by atoms with Crippen LogP contribution >= 0.6 is 11.3 Å². The summed E-state index contributed by atoms with van der Waals surface area (Å²) in [4.78, 5) is 31.1. The minimum atomic E-state index is -1.31. The third kappa shape index (κ3) is 3.51. The second kappa shape index (κ2) is 7.36.